The summed E-state index contributed by atoms with van der Waals surface area (Å²) >= 11 is 3.46. The lowest BCUT2D eigenvalue weighted by Crippen LogP contribution is -2.02. The highest BCUT2D eigenvalue weighted by atomic mass is 79.9. The summed E-state index contributed by atoms with van der Waals surface area (Å²) in [5.74, 6) is -0.478. The van der Waals surface area contributed by atoms with Crippen molar-refractivity contribution in [1.82, 2.24) is 4.57 Å². The van der Waals surface area contributed by atoms with Gasteiger partial charge in [-0.25, -0.2) is 4.39 Å². The summed E-state index contributed by atoms with van der Waals surface area (Å²) in [6.45, 7) is 0.244. The highest BCUT2D eigenvalue weighted by Gasteiger charge is 2.15. The van der Waals surface area contributed by atoms with Crippen LogP contribution in [0.5, 0.6) is 0 Å². The topological polar surface area (TPSA) is 48.1 Å². The summed E-state index contributed by atoms with van der Waals surface area (Å²) < 4.78 is 16.2. The van der Waals surface area contributed by atoms with Gasteiger partial charge in [0.05, 0.1) is 17.0 Å². The zero-order valence-corrected chi connectivity index (χ0v) is 12.4. The first kappa shape index (κ1) is 13.8. The molecular weight excluding hydrogens is 339 g/mol. The Morgan fingerprint density at radius 2 is 2.05 bits per heavy atom. The summed E-state index contributed by atoms with van der Waals surface area (Å²) in [6.07, 6.45) is 1.84. The maximum absolute atomic E-state index is 13.4. The van der Waals surface area contributed by atoms with Gasteiger partial charge in [-0.15, -0.1) is 0 Å². The van der Waals surface area contributed by atoms with Crippen LogP contribution in [0.3, 0.4) is 0 Å². The number of nitrogens with zero attached hydrogens (tertiary/aromatic N) is 2. The molecule has 0 saturated heterocycles. The Bertz CT molecular complexity index is 845. The summed E-state index contributed by atoms with van der Waals surface area (Å²) in [5.41, 5.74) is 1.20. The standard InChI is InChI=1S/C15H10BrFN2O2/c16-13-2-1-3-15-12(13)6-7-18(15)9-10-8-11(17)4-5-14(10)19(20)21/h1-8H,9H2. The molecule has 2 aromatic carbocycles. The average Bonchev–Trinajstić information content (AvgIpc) is 2.83. The molecule has 0 unspecified atom stereocenters. The van der Waals surface area contributed by atoms with Crippen LogP contribution in [0.2, 0.25) is 0 Å². The van der Waals surface area contributed by atoms with E-state index in [-0.39, 0.29) is 12.2 Å². The molecule has 0 radical (unpaired) electrons. The van der Waals surface area contributed by atoms with Crippen molar-refractivity contribution in [3.63, 3.8) is 0 Å². The number of benzene rings is 2. The fourth-order valence-corrected chi connectivity index (χ4v) is 2.85. The van der Waals surface area contributed by atoms with Crippen molar-refractivity contribution >= 4 is 32.5 Å². The number of fused-ring (bicyclic) bond motifs is 1. The van der Waals surface area contributed by atoms with Crippen LogP contribution in [0.4, 0.5) is 10.1 Å². The van der Waals surface area contributed by atoms with E-state index >= 15 is 0 Å². The molecular formula is C15H10BrFN2O2. The minimum Gasteiger partial charge on any atom is -0.343 e. The van der Waals surface area contributed by atoms with E-state index in [1.54, 1.807) is 0 Å². The summed E-state index contributed by atoms with van der Waals surface area (Å²) in [6, 6.07) is 11.2. The van der Waals surface area contributed by atoms with Crippen molar-refractivity contribution in [3.8, 4) is 0 Å². The molecule has 0 atom stereocenters. The van der Waals surface area contributed by atoms with Crippen LogP contribution >= 0.6 is 15.9 Å². The van der Waals surface area contributed by atoms with Crippen LogP contribution in [-0.2, 0) is 6.54 Å². The Morgan fingerprint density at radius 1 is 1.24 bits per heavy atom. The number of hydrogen-bond acceptors (Lipinski definition) is 2. The zero-order chi connectivity index (χ0) is 15.0. The van der Waals surface area contributed by atoms with Gasteiger partial charge in [0, 0.05) is 27.6 Å². The van der Waals surface area contributed by atoms with Crippen molar-refractivity contribution in [2.24, 2.45) is 0 Å². The van der Waals surface area contributed by atoms with Crippen molar-refractivity contribution in [3.05, 3.63) is 74.6 Å². The minimum atomic E-state index is -0.490. The van der Waals surface area contributed by atoms with Gasteiger partial charge in [-0.05, 0) is 30.3 Å². The molecule has 0 aliphatic rings. The van der Waals surface area contributed by atoms with E-state index in [0.717, 1.165) is 21.4 Å². The number of nitro benzene ring substituents is 1. The molecule has 0 aliphatic heterocycles. The van der Waals surface area contributed by atoms with Gasteiger partial charge in [-0.1, -0.05) is 22.0 Å². The summed E-state index contributed by atoms with van der Waals surface area (Å²) in [4.78, 5) is 10.6. The van der Waals surface area contributed by atoms with E-state index < -0.39 is 10.7 Å². The molecule has 4 nitrogen and oxygen atoms in total. The molecule has 6 heteroatoms. The Labute approximate surface area is 128 Å². The summed E-state index contributed by atoms with van der Waals surface area (Å²) in [7, 11) is 0. The van der Waals surface area contributed by atoms with E-state index in [1.165, 1.54) is 12.1 Å². The Hall–Kier alpha value is -2.21. The predicted octanol–water partition coefficient (Wildman–Crippen LogP) is 4.50. The molecule has 106 valence electrons. The van der Waals surface area contributed by atoms with E-state index in [4.69, 9.17) is 0 Å². The van der Waals surface area contributed by atoms with Gasteiger partial charge in [0.1, 0.15) is 5.82 Å². The van der Waals surface area contributed by atoms with Crippen LogP contribution in [0.15, 0.2) is 53.1 Å². The third-order valence-electron chi connectivity index (χ3n) is 3.34. The number of halogens is 2. The number of aromatic nitrogens is 1. The molecule has 0 fully saturated rings. The molecule has 1 heterocycles. The maximum atomic E-state index is 13.4. The fourth-order valence-electron chi connectivity index (χ4n) is 2.37. The smallest absolute Gasteiger partial charge is 0.274 e. The number of rotatable bonds is 3. The Morgan fingerprint density at radius 3 is 2.81 bits per heavy atom. The molecule has 3 aromatic rings. The lowest BCUT2D eigenvalue weighted by atomic mass is 10.1. The number of hydrogen-bond donors (Lipinski definition) is 0. The van der Waals surface area contributed by atoms with Crippen molar-refractivity contribution in [1.29, 1.82) is 0 Å². The number of nitro groups is 1. The third-order valence-corrected chi connectivity index (χ3v) is 4.03. The molecule has 3 rings (SSSR count). The lowest BCUT2D eigenvalue weighted by Gasteiger charge is -2.07. The minimum absolute atomic E-state index is 0.0757. The van der Waals surface area contributed by atoms with Crippen LogP contribution in [0.25, 0.3) is 10.9 Å². The molecule has 0 spiro atoms. The molecule has 0 aliphatic carbocycles. The van der Waals surface area contributed by atoms with Crippen molar-refractivity contribution in [2.45, 2.75) is 6.54 Å². The quantitative estimate of drug-likeness (QED) is 0.516. The first-order valence-electron chi connectivity index (χ1n) is 6.22. The lowest BCUT2D eigenvalue weighted by molar-refractivity contribution is -0.385. The SMILES string of the molecule is O=[N+]([O-])c1ccc(F)cc1Cn1ccc2c(Br)cccc21. The molecule has 0 saturated carbocycles. The first-order chi connectivity index (χ1) is 10.1. The monoisotopic (exact) mass is 348 g/mol. The third kappa shape index (κ3) is 2.54. The van der Waals surface area contributed by atoms with E-state index in [2.05, 4.69) is 15.9 Å². The van der Waals surface area contributed by atoms with Gasteiger partial charge in [0.2, 0.25) is 0 Å². The molecule has 0 bridgehead atoms. The zero-order valence-electron chi connectivity index (χ0n) is 10.8. The largest absolute Gasteiger partial charge is 0.343 e. The second-order valence-corrected chi connectivity index (χ2v) is 5.50. The van der Waals surface area contributed by atoms with Crippen molar-refractivity contribution in [2.75, 3.05) is 0 Å². The van der Waals surface area contributed by atoms with Gasteiger partial charge in [-0.2, -0.15) is 0 Å². The summed E-state index contributed by atoms with van der Waals surface area (Å²) in [5, 5.41) is 12.1. The normalized spacial score (nSPS) is 11.0. The Kier molecular flexibility index (Phi) is 3.47. The molecule has 0 amide bonds. The van der Waals surface area contributed by atoms with Crippen molar-refractivity contribution < 1.29 is 9.31 Å². The second kappa shape index (κ2) is 5.29. The first-order valence-corrected chi connectivity index (χ1v) is 7.02. The van der Waals surface area contributed by atoms with Gasteiger partial charge in [-0.3, -0.25) is 10.1 Å². The van der Waals surface area contributed by atoms with E-state index in [1.807, 2.05) is 35.0 Å². The second-order valence-electron chi connectivity index (χ2n) is 4.65. The highest BCUT2D eigenvalue weighted by molar-refractivity contribution is 9.10. The average molecular weight is 349 g/mol. The predicted molar refractivity (Wildman–Crippen MR) is 81.8 cm³/mol. The van der Waals surface area contributed by atoms with Crippen LogP contribution in [-0.4, -0.2) is 9.49 Å². The van der Waals surface area contributed by atoms with Gasteiger partial charge in [0.25, 0.3) is 5.69 Å². The van der Waals surface area contributed by atoms with Gasteiger partial charge < -0.3 is 4.57 Å². The maximum Gasteiger partial charge on any atom is 0.274 e. The molecule has 21 heavy (non-hydrogen) atoms. The van der Waals surface area contributed by atoms with Gasteiger partial charge in [0.15, 0.2) is 0 Å². The molecule has 1 aromatic heterocycles. The van der Waals surface area contributed by atoms with Crippen LogP contribution in [0.1, 0.15) is 5.56 Å². The fraction of sp³-hybridized carbons (Fsp3) is 0.0667. The van der Waals surface area contributed by atoms with E-state index in [9.17, 15) is 14.5 Å². The van der Waals surface area contributed by atoms with Crippen LogP contribution in [0, 0.1) is 15.9 Å². The van der Waals surface area contributed by atoms with Gasteiger partial charge >= 0.3 is 0 Å². The van der Waals surface area contributed by atoms with E-state index in [0.29, 0.717) is 5.56 Å². The highest BCUT2D eigenvalue weighted by Crippen LogP contribution is 2.27. The molecule has 0 N–H and O–H groups in total. The Balaban J connectivity index is 2.09. The van der Waals surface area contributed by atoms with Crippen LogP contribution < -0.4 is 0 Å².